The second-order valence-corrected chi connectivity index (χ2v) is 5.60. The molecule has 1 aliphatic heterocycles. The molecule has 6 heteroatoms. The second-order valence-electron chi connectivity index (χ2n) is 5.60. The number of nitrogens with zero attached hydrogens (tertiary/aromatic N) is 1. The minimum atomic E-state index is -1.04. The molecule has 21 heavy (non-hydrogen) atoms. The highest BCUT2D eigenvalue weighted by atomic mass is 19.1. The van der Waals surface area contributed by atoms with Gasteiger partial charge in [0.2, 0.25) is 0 Å². The number of hydrogen-bond donors (Lipinski definition) is 2. The maximum absolute atomic E-state index is 13.7. The van der Waals surface area contributed by atoms with Crippen LogP contribution in [-0.4, -0.2) is 47.5 Å². The first kappa shape index (κ1) is 16.1. The molecule has 2 rings (SSSR count). The van der Waals surface area contributed by atoms with Gasteiger partial charge in [-0.1, -0.05) is 0 Å². The summed E-state index contributed by atoms with van der Waals surface area (Å²) in [7, 11) is 1.23. The summed E-state index contributed by atoms with van der Waals surface area (Å²) in [4.78, 5) is 2.02. The van der Waals surface area contributed by atoms with Crippen LogP contribution in [0.1, 0.15) is 24.8 Å². The lowest BCUT2D eigenvalue weighted by molar-refractivity contribution is -0.0255. The summed E-state index contributed by atoms with van der Waals surface area (Å²) >= 11 is 0. The lowest BCUT2D eigenvalue weighted by Gasteiger charge is -2.24. The van der Waals surface area contributed by atoms with E-state index in [1.165, 1.54) is 19.2 Å². The van der Waals surface area contributed by atoms with Crippen LogP contribution >= 0.6 is 0 Å². The van der Waals surface area contributed by atoms with E-state index in [0.717, 1.165) is 13.0 Å². The summed E-state index contributed by atoms with van der Waals surface area (Å²) in [5.41, 5.74) is -0.509. The molecule has 1 aromatic rings. The number of halogens is 2. The monoisotopic (exact) mass is 301 g/mol. The van der Waals surface area contributed by atoms with Gasteiger partial charge in [0.25, 0.3) is 0 Å². The summed E-state index contributed by atoms with van der Waals surface area (Å²) in [5, 5.41) is 19.3. The minimum absolute atomic E-state index is 0.257. The predicted molar refractivity (Wildman–Crippen MR) is 74.1 cm³/mol. The zero-order valence-electron chi connectivity index (χ0n) is 12.1. The summed E-state index contributed by atoms with van der Waals surface area (Å²) in [6.07, 6.45) is 1.72. The van der Waals surface area contributed by atoms with Crippen LogP contribution in [0.4, 0.5) is 8.78 Å². The van der Waals surface area contributed by atoms with Crippen molar-refractivity contribution in [1.29, 1.82) is 0 Å². The van der Waals surface area contributed by atoms with Crippen LogP contribution in [0.3, 0.4) is 0 Å². The van der Waals surface area contributed by atoms with Crippen molar-refractivity contribution in [3.05, 3.63) is 29.3 Å². The summed E-state index contributed by atoms with van der Waals surface area (Å²) < 4.78 is 32.0. The lowest BCUT2D eigenvalue weighted by Crippen LogP contribution is -2.34. The fourth-order valence-electron chi connectivity index (χ4n) is 2.71. The van der Waals surface area contributed by atoms with Gasteiger partial charge in [-0.2, -0.15) is 0 Å². The van der Waals surface area contributed by atoms with Crippen LogP contribution in [0.5, 0.6) is 5.75 Å². The summed E-state index contributed by atoms with van der Waals surface area (Å²) in [6.45, 7) is 1.44. The molecular formula is C15H21F2NO3. The van der Waals surface area contributed by atoms with Crippen molar-refractivity contribution in [3.8, 4) is 5.75 Å². The van der Waals surface area contributed by atoms with E-state index in [-0.39, 0.29) is 12.4 Å². The largest absolute Gasteiger partial charge is 0.491 e. The smallest absolute Gasteiger partial charge is 0.190 e. The van der Waals surface area contributed by atoms with E-state index < -0.39 is 17.2 Å². The van der Waals surface area contributed by atoms with Gasteiger partial charge >= 0.3 is 0 Å². The first-order chi connectivity index (χ1) is 9.97. The van der Waals surface area contributed by atoms with Crippen molar-refractivity contribution >= 4 is 0 Å². The molecule has 1 unspecified atom stereocenters. The van der Waals surface area contributed by atoms with Gasteiger partial charge in [0, 0.05) is 13.1 Å². The Morgan fingerprint density at radius 2 is 1.90 bits per heavy atom. The highest BCUT2D eigenvalue weighted by molar-refractivity contribution is 5.31. The van der Waals surface area contributed by atoms with Gasteiger partial charge in [-0.25, -0.2) is 8.78 Å². The fraction of sp³-hybridized carbons (Fsp3) is 0.600. The number of ether oxygens (including phenoxy) is 1. The van der Waals surface area contributed by atoms with Crippen LogP contribution in [0.15, 0.2) is 12.1 Å². The van der Waals surface area contributed by atoms with Gasteiger partial charge in [-0.05, 0) is 43.5 Å². The molecule has 1 aromatic carbocycles. The van der Waals surface area contributed by atoms with Crippen molar-refractivity contribution in [2.45, 2.75) is 31.4 Å². The molecule has 1 aliphatic rings. The molecule has 0 radical (unpaired) electrons. The van der Waals surface area contributed by atoms with Gasteiger partial charge in [-0.15, -0.1) is 0 Å². The standard InChI is InChI=1S/C15H21F2NO3/c1-21-14-12(16)7-11(8-13(14)17)9-18-5-2-3-15(20,10-19)4-6-18/h7-8,19-20H,2-6,9-10H2,1H3. The topological polar surface area (TPSA) is 52.9 Å². The molecule has 0 aromatic heterocycles. The van der Waals surface area contributed by atoms with E-state index >= 15 is 0 Å². The van der Waals surface area contributed by atoms with Gasteiger partial charge in [0.05, 0.1) is 19.3 Å². The predicted octanol–water partition coefficient (Wildman–Crippen LogP) is 1.68. The molecule has 1 fully saturated rings. The van der Waals surface area contributed by atoms with Crippen molar-refractivity contribution in [3.63, 3.8) is 0 Å². The molecule has 0 spiro atoms. The molecule has 1 saturated heterocycles. The molecule has 2 N–H and O–H groups in total. The number of benzene rings is 1. The van der Waals surface area contributed by atoms with Crippen LogP contribution in [0.2, 0.25) is 0 Å². The maximum atomic E-state index is 13.7. The van der Waals surface area contributed by atoms with E-state index in [4.69, 9.17) is 0 Å². The molecule has 0 saturated carbocycles. The van der Waals surface area contributed by atoms with E-state index in [2.05, 4.69) is 4.74 Å². The van der Waals surface area contributed by atoms with E-state index in [1.54, 1.807) is 0 Å². The fourth-order valence-corrected chi connectivity index (χ4v) is 2.71. The summed E-state index contributed by atoms with van der Waals surface area (Å²) in [5.74, 6) is -1.80. The number of methoxy groups -OCH3 is 1. The van der Waals surface area contributed by atoms with Crippen LogP contribution in [-0.2, 0) is 6.54 Å². The molecule has 1 heterocycles. The summed E-state index contributed by atoms with van der Waals surface area (Å²) in [6, 6.07) is 2.54. The third-order valence-electron chi connectivity index (χ3n) is 3.97. The maximum Gasteiger partial charge on any atom is 0.190 e. The minimum Gasteiger partial charge on any atom is -0.491 e. The Morgan fingerprint density at radius 1 is 1.24 bits per heavy atom. The molecule has 0 aliphatic carbocycles. The van der Waals surface area contributed by atoms with Crippen LogP contribution in [0, 0.1) is 11.6 Å². The van der Waals surface area contributed by atoms with E-state index in [1.807, 2.05) is 4.90 Å². The Hall–Kier alpha value is -1.24. The van der Waals surface area contributed by atoms with E-state index in [9.17, 15) is 19.0 Å². The SMILES string of the molecule is COc1c(F)cc(CN2CCCC(O)(CO)CC2)cc1F. The molecule has 0 bridgehead atoms. The van der Waals surface area contributed by atoms with Crippen molar-refractivity contribution < 1.29 is 23.7 Å². The van der Waals surface area contributed by atoms with Crippen LogP contribution < -0.4 is 4.74 Å². The Bertz CT molecular complexity index is 475. The van der Waals surface area contributed by atoms with Gasteiger partial charge < -0.3 is 14.9 Å². The average Bonchev–Trinajstić information content (AvgIpc) is 2.62. The Balaban J connectivity index is 2.05. The third kappa shape index (κ3) is 3.90. The van der Waals surface area contributed by atoms with Gasteiger partial charge in [0.1, 0.15) is 0 Å². The second kappa shape index (κ2) is 6.68. The number of likely N-dealkylation sites (tertiary alicyclic amines) is 1. The Kier molecular flexibility index (Phi) is 5.13. The number of rotatable bonds is 4. The third-order valence-corrected chi connectivity index (χ3v) is 3.97. The molecule has 118 valence electrons. The van der Waals surface area contributed by atoms with Crippen molar-refractivity contribution in [2.75, 3.05) is 26.8 Å². The van der Waals surface area contributed by atoms with Crippen molar-refractivity contribution in [1.82, 2.24) is 4.90 Å². The van der Waals surface area contributed by atoms with Crippen molar-refractivity contribution in [2.24, 2.45) is 0 Å². The average molecular weight is 301 g/mol. The molecular weight excluding hydrogens is 280 g/mol. The van der Waals surface area contributed by atoms with Gasteiger partial charge in [-0.3, -0.25) is 4.90 Å². The first-order valence-electron chi connectivity index (χ1n) is 7.05. The van der Waals surface area contributed by atoms with Gasteiger partial charge in [0.15, 0.2) is 17.4 Å². The normalized spacial score (nSPS) is 23.9. The number of hydrogen-bond acceptors (Lipinski definition) is 4. The Morgan fingerprint density at radius 3 is 2.48 bits per heavy atom. The lowest BCUT2D eigenvalue weighted by atomic mass is 9.96. The first-order valence-corrected chi connectivity index (χ1v) is 7.05. The molecule has 0 amide bonds. The van der Waals surface area contributed by atoms with E-state index in [0.29, 0.717) is 31.5 Å². The number of aliphatic hydroxyl groups is 2. The zero-order valence-corrected chi connectivity index (χ0v) is 12.1. The quantitative estimate of drug-likeness (QED) is 0.888. The zero-order chi connectivity index (χ0) is 15.5. The molecule has 4 nitrogen and oxygen atoms in total. The highest BCUT2D eigenvalue weighted by Gasteiger charge is 2.29. The highest BCUT2D eigenvalue weighted by Crippen LogP contribution is 2.26. The number of aliphatic hydroxyl groups excluding tert-OH is 1. The van der Waals surface area contributed by atoms with Crippen LogP contribution in [0.25, 0.3) is 0 Å². The Labute approximate surface area is 123 Å². The molecule has 1 atom stereocenters.